The molecule has 2 amide bonds. The van der Waals surface area contributed by atoms with Gasteiger partial charge in [-0.05, 0) is 73.6 Å². The minimum absolute atomic E-state index is 0.137. The molecule has 1 aliphatic carbocycles. The normalized spacial score (nSPS) is 14.6. The SMILES string of the molecule is Cc1cc(C)cc(NC(=O)Cc2ccc(ON(C(=O)C3CCCC3)[C@H](C(=O)O)C(C)C)cc2)c1. The molecule has 0 unspecified atom stereocenters. The van der Waals surface area contributed by atoms with E-state index in [1.807, 2.05) is 32.0 Å². The lowest BCUT2D eigenvalue weighted by Crippen LogP contribution is -2.51. The first kappa shape index (κ1) is 25.3. The molecule has 7 heteroatoms. The van der Waals surface area contributed by atoms with E-state index in [2.05, 4.69) is 5.32 Å². The first-order valence-corrected chi connectivity index (χ1v) is 11.8. The molecule has 7 nitrogen and oxygen atoms in total. The van der Waals surface area contributed by atoms with Crippen molar-refractivity contribution in [2.24, 2.45) is 11.8 Å². The van der Waals surface area contributed by atoms with Crippen LogP contribution in [-0.2, 0) is 20.8 Å². The van der Waals surface area contributed by atoms with Gasteiger partial charge in [0, 0.05) is 11.6 Å². The van der Waals surface area contributed by atoms with Crippen LogP contribution in [0.25, 0.3) is 0 Å². The minimum atomic E-state index is -1.10. The molecule has 2 aromatic carbocycles. The molecule has 0 radical (unpaired) electrons. The molecule has 0 aromatic heterocycles. The van der Waals surface area contributed by atoms with E-state index >= 15 is 0 Å². The Morgan fingerprint density at radius 1 is 1.03 bits per heavy atom. The van der Waals surface area contributed by atoms with Crippen molar-refractivity contribution in [1.82, 2.24) is 5.06 Å². The smallest absolute Gasteiger partial charge is 0.330 e. The summed E-state index contributed by atoms with van der Waals surface area (Å²) in [6.07, 6.45) is 3.60. The Morgan fingerprint density at radius 3 is 2.15 bits per heavy atom. The van der Waals surface area contributed by atoms with E-state index in [4.69, 9.17) is 4.84 Å². The number of carbonyl (C=O) groups is 3. The van der Waals surface area contributed by atoms with Crippen LogP contribution in [0.4, 0.5) is 5.69 Å². The van der Waals surface area contributed by atoms with Gasteiger partial charge in [-0.1, -0.05) is 44.9 Å². The lowest BCUT2D eigenvalue weighted by atomic mass is 10.0. The summed E-state index contributed by atoms with van der Waals surface area (Å²) in [7, 11) is 0. The van der Waals surface area contributed by atoms with Gasteiger partial charge in [0.1, 0.15) is 0 Å². The van der Waals surface area contributed by atoms with Crippen molar-refractivity contribution in [2.45, 2.75) is 65.8 Å². The zero-order chi connectivity index (χ0) is 24.8. The summed E-state index contributed by atoms with van der Waals surface area (Å²) in [4.78, 5) is 43.4. The molecule has 0 bridgehead atoms. The second-order valence-electron chi connectivity index (χ2n) is 9.51. The minimum Gasteiger partial charge on any atom is -0.480 e. The average molecular weight is 467 g/mol. The van der Waals surface area contributed by atoms with E-state index in [0.717, 1.165) is 53.1 Å². The highest BCUT2D eigenvalue weighted by atomic mass is 16.7. The quantitative estimate of drug-likeness (QED) is 0.512. The molecule has 0 saturated heterocycles. The number of carbonyl (C=O) groups excluding carboxylic acids is 2. The van der Waals surface area contributed by atoms with Crippen LogP contribution in [0, 0.1) is 25.7 Å². The Balaban J connectivity index is 1.70. The van der Waals surface area contributed by atoms with E-state index < -0.39 is 12.0 Å². The van der Waals surface area contributed by atoms with Gasteiger partial charge in [-0.2, -0.15) is 5.06 Å². The van der Waals surface area contributed by atoms with Crippen molar-refractivity contribution < 1.29 is 24.3 Å². The summed E-state index contributed by atoms with van der Waals surface area (Å²) in [5.41, 5.74) is 3.70. The van der Waals surface area contributed by atoms with Crippen LogP contribution in [0.1, 0.15) is 56.2 Å². The topological polar surface area (TPSA) is 95.9 Å². The summed E-state index contributed by atoms with van der Waals surface area (Å²) in [6.45, 7) is 7.48. The molecule has 1 atom stereocenters. The fourth-order valence-corrected chi connectivity index (χ4v) is 4.47. The predicted molar refractivity (Wildman–Crippen MR) is 130 cm³/mol. The molecule has 0 spiro atoms. The van der Waals surface area contributed by atoms with E-state index in [9.17, 15) is 19.5 Å². The molecule has 1 fully saturated rings. The predicted octanol–water partition coefficient (Wildman–Crippen LogP) is 4.91. The molecule has 182 valence electrons. The number of carboxylic acids is 1. The number of aryl methyl sites for hydroxylation is 2. The van der Waals surface area contributed by atoms with Crippen molar-refractivity contribution in [2.75, 3.05) is 5.32 Å². The Morgan fingerprint density at radius 2 is 1.62 bits per heavy atom. The summed E-state index contributed by atoms with van der Waals surface area (Å²) in [6, 6.07) is 11.6. The van der Waals surface area contributed by atoms with Gasteiger partial charge in [-0.15, -0.1) is 0 Å². The molecule has 0 heterocycles. The number of carboxylic acid groups (broad SMARTS) is 1. The Bertz CT molecular complexity index is 1010. The number of rotatable bonds is 9. The van der Waals surface area contributed by atoms with Gasteiger partial charge in [0.15, 0.2) is 11.8 Å². The molecular formula is C27H34N2O5. The summed E-state index contributed by atoms with van der Waals surface area (Å²) >= 11 is 0. The Hall–Kier alpha value is -3.35. The standard InChI is InChI=1S/C27H34N2O5/c1-17(2)25(27(32)33)29(26(31)21-7-5-6-8-21)34-23-11-9-20(10-12-23)16-24(30)28-22-14-18(3)13-19(4)15-22/h9-15,17,21,25H,5-8,16H2,1-4H3,(H,28,30)(H,32,33)/t25-/m0/s1. The van der Waals surface area contributed by atoms with Gasteiger partial charge in [0.05, 0.1) is 6.42 Å². The highest BCUT2D eigenvalue weighted by molar-refractivity contribution is 5.92. The number of anilines is 1. The van der Waals surface area contributed by atoms with Crippen molar-refractivity contribution in [3.63, 3.8) is 0 Å². The second kappa shape index (κ2) is 11.2. The summed E-state index contributed by atoms with van der Waals surface area (Å²) in [5.74, 6) is -1.69. The first-order valence-electron chi connectivity index (χ1n) is 11.8. The Kier molecular flexibility index (Phi) is 8.31. The Labute approximate surface area is 201 Å². The maximum Gasteiger partial charge on any atom is 0.330 e. The van der Waals surface area contributed by atoms with Crippen molar-refractivity contribution >= 4 is 23.5 Å². The number of aliphatic carboxylic acids is 1. The monoisotopic (exact) mass is 466 g/mol. The van der Waals surface area contributed by atoms with Crippen LogP contribution in [0.15, 0.2) is 42.5 Å². The van der Waals surface area contributed by atoms with Crippen molar-refractivity contribution in [3.8, 4) is 5.75 Å². The van der Waals surface area contributed by atoms with Gasteiger partial charge < -0.3 is 15.3 Å². The molecule has 2 N–H and O–H groups in total. The third-order valence-corrected chi connectivity index (χ3v) is 6.06. The van der Waals surface area contributed by atoms with Gasteiger partial charge in [-0.3, -0.25) is 9.59 Å². The van der Waals surface area contributed by atoms with E-state index in [1.165, 1.54) is 0 Å². The third kappa shape index (κ3) is 6.59. The van der Waals surface area contributed by atoms with Crippen LogP contribution in [0.5, 0.6) is 5.75 Å². The maximum absolute atomic E-state index is 13.1. The average Bonchev–Trinajstić information content (AvgIpc) is 3.27. The van der Waals surface area contributed by atoms with Crippen molar-refractivity contribution in [3.05, 3.63) is 59.2 Å². The van der Waals surface area contributed by atoms with Gasteiger partial charge in [0.25, 0.3) is 5.91 Å². The summed E-state index contributed by atoms with van der Waals surface area (Å²) in [5, 5.41) is 13.7. The molecule has 3 rings (SSSR count). The van der Waals surface area contributed by atoms with Crippen molar-refractivity contribution in [1.29, 1.82) is 0 Å². The highest BCUT2D eigenvalue weighted by Crippen LogP contribution is 2.29. The fourth-order valence-electron chi connectivity index (χ4n) is 4.47. The van der Waals surface area contributed by atoms with Crippen LogP contribution in [0.2, 0.25) is 0 Å². The van der Waals surface area contributed by atoms with Gasteiger partial charge in [-0.25, -0.2) is 4.79 Å². The number of nitrogens with one attached hydrogen (secondary N) is 1. The maximum atomic E-state index is 13.1. The van der Waals surface area contributed by atoms with Gasteiger partial charge >= 0.3 is 5.97 Å². The molecule has 2 aromatic rings. The number of amides is 2. The van der Waals surface area contributed by atoms with Crippen LogP contribution >= 0.6 is 0 Å². The first-order chi connectivity index (χ1) is 16.1. The third-order valence-electron chi connectivity index (χ3n) is 6.06. The second-order valence-corrected chi connectivity index (χ2v) is 9.51. The van der Waals surface area contributed by atoms with E-state index in [0.29, 0.717) is 5.75 Å². The molecule has 1 saturated carbocycles. The lowest BCUT2D eigenvalue weighted by Gasteiger charge is -2.32. The number of benzene rings is 2. The lowest BCUT2D eigenvalue weighted by molar-refractivity contribution is -0.184. The van der Waals surface area contributed by atoms with Crippen LogP contribution in [-0.4, -0.2) is 34.0 Å². The summed E-state index contributed by atoms with van der Waals surface area (Å²) < 4.78 is 0. The van der Waals surface area contributed by atoms with Gasteiger partial charge in [0.2, 0.25) is 5.91 Å². The molecule has 34 heavy (non-hydrogen) atoms. The van der Waals surface area contributed by atoms with E-state index in [1.54, 1.807) is 38.1 Å². The molecular weight excluding hydrogens is 432 g/mol. The number of hydrogen-bond acceptors (Lipinski definition) is 4. The zero-order valence-corrected chi connectivity index (χ0v) is 20.3. The molecule has 0 aliphatic heterocycles. The van der Waals surface area contributed by atoms with E-state index in [-0.39, 0.29) is 30.1 Å². The largest absolute Gasteiger partial charge is 0.480 e. The molecule has 1 aliphatic rings. The number of nitrogens with zero attached hydrogens (tertiary/aromatic N) is 1. The zero-order valence-electron chi connectivity index (χ0n) is 20.3. The highest BCUT2D eigenvalue weighted by Gasteiger charge is 2.38. The fraction of sp³-hybridized carbons (Fsp3) is 0.444. The van der Waals surface area contributed by atoms with Crippen LogP contribution in [0.3, 0.4) is 0 Å². The van der Waals surface area contributed by atoms with Crippen LogP contribution < -0.4 is 10.2 Å². The number of hydroxylamine groups is 2. The number of hydrogen-bond donors (Lipinski definition) is 2.